The van der Waals surface area contributed by atoms with Crippen LogP contribution in [0.1, 0.15) is 37.8 Å². The van der Waals surface area contributed by atoms with Gasteiger partial charge in [0.15, 0.2) is 5.58 Å². The highest BCUT2D eigenvalue weighted by Gasteiger charge is 2.16. The summed E-state index contributed by atoms with van der Waals surface area (Å²) in [6.45, 7) is 7.45. The number of hydrogen-bond donors (Lipinski definition) is 2. The molecule has 0 saturated carbocycles. The van der Waals surface area contributed by atoms with Gasteiger partial charge < -0.3 is 14.8 Å². The average Bonchev–Trinajstić information content (AvgIpc) is 2.92. The first-order valence-electron chi connectivity index (χ1n) is 7.87. The third-order valence-corrected chi connectivity index (χ3v) is 3.93. The number of nitrogens with one attached hydrogen (secondary N) is 1. The fourth-order valence-electron chi connectivity index (χ4n) is 2.64. The Labute approximate surface area is 140 Å². The number of amides is 1. The van der Waals surface area contributed by atoms with E-state index in [1.165, 1.54) is 12.5 Å². The molecule has 3 rings (SSSR count). The Morgan fingerprint density at radius 2 is 2.00 bits per heavy atom. The Hall–Kier alpha value is -2.82. The second-order valence-corrected chi connectivity index (χ2v) is 6.27. The van der Waals surface area contributed by atoms with Gasteiger partial charge in [0.25, 0.3) is 0 Å². The Kier molecular flexibility index (Phi) is 4.01. The summed E-state index contributed by atoms with van der Waals surface area (Å²) in [6, 6.07) is 9.27. The minimum absolute atomic E-state index is 0.0970. The van der Waals surface area contributed by atoms with E-state index in [2.05, 4.69) is 24.1 Å². The molecule has 0 aliphatic rings. The number of phenols is 1. The van der Waals surface area contributed by atoms with Gasteiger partial charge in [0.1, 0.15) is 11.3 Å². The second kappa shape index (κ2) is 6.00. The Bertz CT molecular complexity index is 926. The monoisotopic (exact) mass is 324 g/mol. The number of nitrogens with zero attached hydrogens (tertiary/aromatic N) is 1. The maximum atomic E-state index is 11.3. The number of rotatable bonds is 3. The largest absolute Gasteiger partial charge is 0.507 e. The van der Waals surface area contributed by atoms with Gasteiger partial charge in [0.2, 0.25) is 11.8 Å². The number of aryl methyl sites for hydroxylation is 1. The molecular formula is C19H20N2O3. The summed E-state index contributed by atoms with van der Waals surface area (Å²) in [5.41, 5.74) is 4.28. The number of aromatic hydroxyl groups is 1. The van der Waals surface area contributed by atoms with E-state index in [9.17, 15) is 9.90 Å². The van der Waals surface area contributed by atoms with Crippen LogP contribution in [0.5, 0.6) is 5.75 Å². The lowest BCUT2D eigenvalue weighted by Crippen LogP contribution is -2.06. The number of aromatic nitrogens is 1. The predicted molar refractivity (Wildman–Crippen MR) is 94.2 cm³/mol. The van der Waals surface area contributed by atoms with Crippen LogP contribution in [0.3, 0.4) is 0 Å². The highest BCUT2D eigenvalue weighted by atomic mass is 16.3. The minimum atomic E-state index is -0.176. The molecule has 0 atom stereocenters. The summed E-state index contributed by atoms with van der Waals surface area (Å²) >= 11 is 0. The lowest BCUT2D eigenvalue weighted by molar-refractivity contribution is -0.114. The molecule has 5 nitrogen and oxygen atoms in total. The van der Waals surface area contributed by atoms with Crippen molar-refractivity contribution in [2.24, 2.45) is 0 Å². The van der Waals surface area contributed by atoms with Crippen molar-refractivity contribution in [3.8, 4) is 17.2 Å². The molecule has 0 saturated heterocycles. The van der Waals surface area contributed by atoms with Crippen LogP contribution >= 0.6 is 0 Å². The molecule has 2 aromatic carbocycles. The van der Waals surface area contributed by atoms with E-state index in [0.717, 1.165) is 5.52 Å². The van der Waals surface area contributed by atoms with E-state index in [0.29, 0.717) is 34.2 Å². The van der Waals surface area contributed by atoms with Crippen LogP contribution in [0, 0.1) is 6.92 Å². The van der Waals surface area contributed by atoms with Gasteiger partial charge in [-0.15, -0.1) is 0 Å². The van der Waals surface area contributed by atoms with Gasteiger partial charge in [0.05, 0.1) is 5.56 Å². The van der Waals surface area contributed by atoms with Gasteiger partial charge in [-0.05, 0) is 48.2 Å². The summed E-state index contributed by atoms with van der Waals surface area (Å²) < 4.78 is 5.80. The van der Waals surface area contributed by atoms with Crippen LogP contribution in [0.4, 0.5) is 5.69 Å². The van der Waals surface area contributed by atoms with Gasteiger partial charge in [-0.25, -0.2) is 4.98 Å². The number of carbonyl (C=O) groups excluding carboxylic acids is 1. The van der Waals surface area contributed by atoms with E-state index in [1.54, 1.807) is 19.1 Å². The summed E-state index contributed by atoms with van der Waals surface area (Å²) in [4.78, 5) is 15.8. The first kappa shape index (κ1) is 16.1. The Morgan fingerprint density at radius 3 is 2.67 bits per heavy atom. The molecule has 1 heterocycles. The molecule has 24 heavy (non-hydrogen) atoms. The van der Waals surface area contributed by atoms with Crippen molar-refractivity contribution >= 4 is 22.7 Å². The lowest BCUT2D eigenvalue weighted by atomic mass is 10.0. The Morgan fingerprint density at radius 1 is 1.25 bits per heavy atom. The van der Waals surface area contributed by atoms with Crippen molar-refractivity contribution in [3.63, 3.8) is 0 Å². The van der Waals surface area contributed by atoms with Crippen molar-refractivity contribution in [1.29, 1.82) is 0 Å². The molecule has 1 aromatic heterocycles. The van der Waals surface area contributed by atoms with E-state index in [4.69, 9.17) is 4.42 Å². The summed E-state index contributed by atoms with van der Waals surface area (Å²) in [6.07, 6.45) is 0. The molecule has 0 fully saturated rings. The topological polar surface area (TPSA) is 75.4 Å². The van der Waals surface area contributed by atoms with E-state index in [-0.39, 0.29) is 11.7 Å². The van der Waals surface area contributed by atoms with Crippen molar-refractivity contribution in [1.82, 2.24) is 4.98 Å². The average molecular weight is 324 g/mol. The third kappa shape index (κ3) is 2.97. The number of fused-ring (bicyclic) bond motifs is 1. The molecule has 1 amide bonds. The maximum Gasteiger partial charge on any atom is 0.231 e. The first-order chi connectivity index (χ1) is 11.3. The van der Waals surface area contributed by atoms with E-state index < -0.39 is 0 Å². The number of hydrogen-bond acceptors (Lipinski definition) is 4. The van der Waals surface area contributed by atoms with Crippen LogP contribution in [-0.2, 0) is 4.79 Å². The van der Waals surface area contributed by atoms with Gasteiger partial charge in [-0.3, -0.25) is 4.79 Å². The molecule has 0 aliphatic carbocycles. The highest BCUT2D eigenvalue weighted by Crippen LogP contribution is 2.36. The normalized spacial score (nSPS) is 11.2. The van der Waals surface area contributed by atoms with Gasteiger partial charge in [-0.2, -0.15) is 0 Å². The van der Waals surface area contributed by atoms with Crippen molar-refractivity contribution in [2.75, 3.05) is 5.32 Å². The Balaban J connectivity index is 2.12. The summed E-state index contributed by atoms with van der Waals surface area (Å²) in [5.74, 6) is 0.650. The molecule has 2 N–H and O–H groups in total. The molecule has 0 bridgehead atoms. The van der Waals surface area contributed by atoms with Gasteiger partial charge in [-0.1, -0.05) is 19.9 Å². The van der Waals surface area contributed by atoms with Crippen LogP contribution < -0.4 is 5.32 Å². The number of benzene rings is 2. The SMILES string of the molecule is CC(=O)Nc1cc(C)c(O)c(-c2nc3cc(C(C)C)ccc3o2)c1. The fraction of sp³-hybridized carbons (Fsp3) is 0.263. The summed E-state index contributed by atoms with van der Waals surface area (Å²) in [7, 11) is 0. The van der Waals surface area contributed by atoms with Crippen LogP contribution in [0.25, 0.3) is 22.6 Å². The third-order valence-electron chi connectivity index (χ3n) is 3.93. The predicted octanol–water partition coefficient (Wildman–Crippen LogP) is 4.59. The summed E-state index contributed by atoms with van der Waals surface area (Å²) in [5, 5.41) is 13.1. The van der Waals surface area contributed by atoms with Gasteiger partial charge in [0, 0.05) is 12.6 Å². The fourth-order valence-corrected chi connectivity index (χ4v) is 2.64. The molecule has 0 radical (unpaired) electrons. The smallest absolute Gasteiger partial charge is 0.231 e. The van der Waals surface area contributed by atoms with E-state index in [1.807, 2.05) is 18.2 Å². The molecular weight excluding hydrogens is 304 g/mol. The lowest BCUT2D eigenvalue weighted by Gasteiger charge is -2.08. The first-order valence-corrected chi connectivity index (χ1v) is 7.87. The second-order valence-electron chi connectivity index (χ2n) is 6.27. The maximum absolute atomic E-state index is 11.3. The number of anilines is 1. The molecule has 0 unspecified atom stereocenters. The van der Waals surface area contributed by atoms with Crippen molar-refractivity contribution < 1.29 is 14.3 Å². The molecule has 3 aromatic rings. The van der Waals surface area contributed by atoms with Crippen molar-refractivity contribution in [3.05, 3.63) is 41.5 Å². The molecule has 0 aliphatic heterocycles. The zero-order chi connectivity index (χ0) is 17.4. The zero-order valence-corrected chi connectivity index (χ0v) is 14.2. The molecule has 0 spiro atoms. The minimum Gasteiger partial charge on any atom is -0.507 e. The zero-order valence-electron chi connectivity index (χ0n) is 14.2. The van der Waals surface area contributed by atoms with E-state index >= 15 is 0 Å². The highest BCUT2D eigenvalue weighted by molar-refractivity contribution is 5.90. The van der Waals surface area contributed by atoms with Crippen molar-refractivity contribution in [2.45, 2.75) is 33.6 Å². The standard InChI is InChI=1S/C19H20N2O3/c1-10(2)13-5-6-17-16(8-13)21-19(24-17)15-9-14(20-12(4)22)7-11(3)18(15)23/h5-10,23H,1-4H3,(H,20,22). The molecule has 124 valence electrons. The quantitative estimate of drug-likeness (QED) is 0.691. The van der Waals surface area contributed by atoms with Crippen LogP contribution in [-0.4, -0.2) is 16.0 Å². The van der Waals surface area contributed by atoms with Gasteiger partial charge >= 0.3 is 0 Å². The number of oxazole rings is 1. The molecule has 5 heteroatoms. The van der Waals surface area contributed by atoms with Crippen LogP contribution in [0.15, 0.2) is 34.7 Å². The number of phenolic OH excluding ortho intramolecular Hbond substituents is 1. The van der Waals surface area contributed by atoms with Crippen LogP contribution in [0.2, 0.25) is 0 Å². The number of carbonyl (C=O) groups is 1.